The predicted molar refractivity (Wildman–Crippen MR) is 243 cm³/mol. The van der Waals surface area contributed by atoms with Gasteiger partial charge in [-0.05, 0) is 19.3 Å². The molecular weight excluding hydrogens is 709 g/mol. The zero-order valence-electron chi connectivity index (χ0n) is 38.6. The number of carbonyl (C=O) groups excluding carboxylic acids is 3. The Morgan fingerprint density at radius 1 is 0.281 bits per heavy atom. The van der Waals surface area contributed by atoms with Crippen molar-refractivity contribution in [2.75, 3.05) is 13.2 Å². The lowest BCUT2D eigenvalue weighted by molar-refractivity contribution is -0.167. The molecule has 1 atom stereocenters. The maximum atomic E-state index is 12.7. The minimum atomic E-state index is -0.757. The molecule has 0 aromatic heterocycles. The number of carbonyl (C=O) groups is 3. The number of esters is 3. The van der Waals surface area contributed by atoms with E-state index in [-0.39, 0.29) is 31.1 Å². The molecule has 0 spiro atoms. The molecule has 0 rings (SSSR count). The third-order valence-electron chi connectivity index (χ3n) is 11.6. The van der Waals surface area contributed by atoms with Crippen LogP contribution in [0.1, 0.15) is 290 Å². The SMILES string of the molecule is CCCCCCCCCCCCCCCCCCCCCCCCC(=O)OCC(COC(=O)CCCCCCCC)OC(=O)CCCCCCCCCCCCC. The molecular formula is C51H98O6. The lowest BCUT2D eigenvalue weighted by Gasteiger charge is -2.18. The molecule has 0 heterocycles. The van der Waals surface area contributed by atoms with Crippen LogP contribution in [0.15, 0.2) is 0 Å². The largest absolute Gasteiger partial charge is 0.462 e. The van der Waals surface area contributed by atoms with E-state index in [1.165, 1.54) is 193 Å². The van der Waals surface area contributed by atoms with E-state index < -0.39 is 6.10 Å². The van der Waals surface area contributed by atoms with Crippen molar-refractivity contribution < 1.29 is 28.6 Å². The van der Waals surface area contributed by atoms with Crippen LogP contribution in [0.3, 0.4) is 0 Å². The molecule has 0 aromatic carbocycles. The molecule has 0 N–H and O–H groups in total. The molecule has 6 nitrogen and oxygen atoms in total. The molecule has 0 aliphatic rings. The molecule has 0 saturated heterocycles. The van der Waals surface area contributed by atoms with Crippen LogP contribution in [-0.4, -0.2) is 37.2 Å². The Morgan fingerprint density at radius 2 is 0.474 bits per heavy atom. The summed E-state index contributed by atoms with van der Waals surface area (Å²) in [7, 11) is 0. The third-order valence-corrected chi connectivity index (χ3v) is 11.6. The summed E-state index contributed by atoms with van der Waals surface area (Å²) in [5.41, 5.74) is 0. The lowest BCUT2D eigenvalue weighted by Crippen LogP contribution is -2.30. The van der Waals surface area contributed by atoms with E-state index in [0.29, 0.717) is 19.3 Å². The van der Waals surface area contributed by atoms with E-state index in [1.54, 1.807) is 0 Å². The highest BCUT2D eigenvalue weighted by Gasteiger charge is 2.19. The minimum Gasteiger partial charge on any atom is -0.462 e. The summed E-state index contributed by atoms with van der Waals surface area (Å²) in [5.74, 6) is -0.857. The van der Waals surface area contributed by atoms with Gasteiger partial charge in [0.05, 0.1) is 0 Å². The Bertz CT molecular complexity index is 844. The van der Waals surface area contributed by atoms with Gasteiger partial charge in [-0.1, -0.05) is 252 Å². The molecule has 6 heteroatoms. The van der Waals surface area contributed by atoms with Gasteiger partial charge in [-0.15, -0.1) is 0 Å². The molecule has 57 heavy (non-hydrogen) atoms. The molecule has 0 aliphatic carbocycles. The van der Waals surface area contributed by atoms with Gasteiger partial charge in [0.1, 0.15) is 13.2 Å². The Morgan fingerprint density at radius 3 is 0.702 bits per heavy atom. The summed E-state index contributed by atoms with van der Waals surface area (Å²) in [6.45, 7) is 6.61. The standard InChI is InChI=1S/C51H98O6/c1-4-7-10-13-16-18-20-21-22-23-24-25-26-27-28-29-30-32-33-35-38-41-44-50(53)56-47-48(46-55-49(52)43-40-37-15-12-9-6-3)57-51(54)45-42-39-36-34-31-19-17-14-11-8-5-2/h48H,4-47H2,1-3H3. The Balaban J connectivity index is 4.05. The number of rotatable bonds is 47. The average molecular weight is 807 g/mol. The van der Waals surface area contributed by atoms with E-state index >= 15 is 0 Å². The lowest BCUT2D eigenvalue weighted by atomic mass is 10.0. The molecule has 1 unspecified atom stereocenters. The molecule has 0 aromatic rings. The first-order valence-corrected chi connectivity index (χ1v) is 25.5. The van der Waals surface area contributed by atoms with E-state index in [9.17, 15) is 14.4 Å². The summed E-state index contributed by atoms with van der Waals surface area (Å²) in [6.07, 6.45) is 49.8. The van der Waals surface area contributed by atoms with E-state index in [0.717, 1.165) is 57.8 Å². The second kappa shape index (κ2) is 47.1. The van der Waals surface area contributed by atoms with Crippen LogP contribution in [-0.2, 0) is 28.6 Å². The molecule has 0 fully saturated rings. The molecule has 0 bridgehead atoms. The van der Waals surface area contributed by atoms with Crippen LogP contribution in [0.25, 0.3) is 0 Å². The van der Waals surface area contributed by atoms with E-state index in [1.807, 2.05) is 0 Å². The smallest absolute Gasteiger partial charge is 0.306 e. The molecule has 338 valence electrons. The second-order valence-electron chi connectivity index (χ2n) is 17.5. The van der Waals surface area contributed by atoms with Crippen LogP contribution >= 0.6 is 0 Å². The van der Waals surface area contributed by atoms with Crippen molar-refractivity contribution in [1.82, 2.24) is 0 Å². The van der Waals surface area contributed by atoms with Crippen LogP contribution in [0.5, 0.6) is 0 Å². The second-order valence-corrected chi connectivity index (χ2v) is 17.5. The zero-order valence-corrected chi connectivity index (χ0v) is 38.6. The van der Waals surface area contributed by atoms with Gasteiger partial charge in [-0.3, -0.25) is 14.4 Å². The first-order chi connectivity index (χ1) is 28.0. The predicted octanol–water partition coefficient (Wildman–Crippen LogP) is 16.4. The quantitative estimate of drug-likeness (QED) is 0.0346. The topological polar surface area (TPSA) is 78.9 Å². The third kappa shape index (κ3) is 45.3. The minimum absolute atomic E-state index is 0.0631. The van der Waals surface area contributed by atoms with Gasteiger partial charge in [0.15, 0.2) is 6.10 Å². The Hall–Kier alpha value is -1.59. The average Bonchev–Trinajstić information content (AvgIpc) is 3.21. The normalized spacial score (nSPS) is 11.8. The van der Waals surface area contributed by atoms with Crippen molar-refractivity contribution in [3.05, 3.63) is 0 Å². The first-order valence-electron chi connectivity index (χ1n) is 25.5. The van der Waals surface area contributed by atoms with Gasteiger partial charge >= 0.3 is 17.9 Å². The molecule has 0 radical (unpaired) electrons. The van der Waals surface area contributed by atoms with Crippen molar-refractivity contribution in [3.8, 4) is 0 Å². The highest BCUT2D eigenvalue weighted by atomic mass is 16.6. The fourth-order valence-corrected chi connectivity index (χ4v) is 7.74. The number of hydrogen-bond acceptors (Lipinski definition) is 6. The summed E-state index contributed by atoms with van der Waals surface area (Å²) < 4.78 is 16.7. The summed E-state index contributed by atoms with van der Waals surface area (Å²) in [5, 5.41) is 0. The van der Waals surface area contributed by atoms with Crippen molar-refractivity contribution >= 4 is 17.9 Å². The van der Waals surface area contributed by atoms with Gasteiger partial charge in [-0.2, -0.15) is 0 Å². The van der Waals surface area contributed by atoms with Gasteiger partial charge in [0.25, 0.3) is 0 Å². The molecule has 0 aliphatic heterocycles. The van der Waals surface area contributed by atoms with Crippen LogP contribution < -0.4 is 0 Å². The van der Waals surface area contributed by atoms with E-state index in [2.05, 4.69) is 20.8 Å². The zero-order chi connectivity index (χ0) is 41.5. The van der Waals surface area contributed by atoms with Crippen LogP contribution in [0.2, 0.25) is 0 Å². The number of hydrogen-bond donors (Lipinski definition) is 0. The van der Waals surface area contributed by atoms with Crippen molar-refractivity contribution in [1.29, 1.82) is 0 Å². The van der Waals surface area contributed by atoms with Gasteiger partial charge in [0, 0.05) is 19.3 Å². The monoisotopic (exact) mass is 807 g/mol. The highest BCUT2D eigenvalue weighted by molar-refractivity contribution is 5.71. The van der Waals surface area contributed by atoms with Gasteiger partial charge in [-0.25, -0.2) is 0 Å². The van der Waals surface area contributed by atoms with Crippen molar-refractivity contribution in [2.24, 2.45) is 0 Å². The summed E-state index contributed by atoms with van der Waals surface area (Å²) >= 11 is 0. The highest BCUT2D eigenvalue weighted by Crippen LogP contribution is 2.17. The maximum Gasteiger partial charge on any atom is 0.306 e. The summed E-state index contributed by atoms with van der Waals surface area (Å²) in [6, 6.07) is 0. The van der Waals surface area contributed by atoms with Crippen LogP contribution in [0, 0.1) is 0 Å². The van der Waals surface area contributed by atoms with Gasteiger partial charge in [0.2, 0.25) is 0 Å². The van der Waals surface area contributed by atoms with Crippen molar-refractivity contribution in [2.45, 2.75) is 297 Å². The fraction of sp³-hybridized carbons (Fsp3) is 0.941. The first kappa shape index (κ1) is 55.4. The van der Waals surface area contributed by atoms with Gasteiger partial charge < -0.3 is 14.2 Å². The molecule has 0 amide bonds. The Kier molecular flexibility index (Phi) is 45.8. The fourth-order valence-electron chi connectivity index (χ4n) is 7.74. The number of unbranched alkanes of at least 4 members (excludes halogenated alkanes) is 36. The molecule has 0 saturated carbocycles. The number of ether oxygens (including phenoxy) is 3. The Labute approximate surface area is 355 Å². The maximum absolute atomic E-state index is 12.7. The van der Waals surface area contributed by atoms with Crippen molar-refractivity contribution in [3.63, 3.8) is 0 Å². The summed E-state index contributed by atoms with van der Waals surface area (Å²) in [4.78, 5) is 37.6. The van der Waals surface area contributed by atoms with E-state index in [4.69, 9.17) is 14.2 Å². The van der Waals surface area contributed by atoms with Crippen LogP contribution in [0.4, 0.5) is 0 Å².